The van der Waals surface area contributed by atoms with Crippen molar-refractivity contribution in [2.24, 2.45) is 11.7 Å². The highest BCUT2D eigenvalue weighted by Gasteiger charge is 2.28. The number of carbonyl (C=O) groups excluding carboxylic acids is 1. The zero-order valence-electron chi connectivity index (χ0n) is 12.8. The summed E-state index contributed by atoms with van der Waals surface area (Å²) in [4.78, 5) is 14.6. The first-order valence-corrected chi connectivity index (χ1v) is 7.43. The first kappa shape index (κ1) is 18.0. The molecule has 1 aliphatic rings. The average Bonchev–Trinajstić information content (AvgIpc) is 2.47. The van der Waals surface area contributed by atoms with Gasteiger partial charge in [-0.05, 0) is 51.3 Å². The van der Waals surface area contributed by atoms with E-state index in [4.69, 9.17) is 5.73 Å². The first-order chi connectivity index (χ1) is 9.58. The Morgan fingerprint density at radius 2 is 2.00 bits per heavy atom. The summed E-state index contributed by atoms with van der Waals surface area (Å²) >= 11 is 0. The maximum Gasteiger partial charge on any atom is 0.241 e. The molecule has 1 fully saturated rings. The Labute approximate surface area is 133 Å². The van der Waals surface area contributed by atoms with Gasteiger partial charge in [0.15, 0.2) is 0 Å². The van der Waals surface area contributed by atoms with Crippen molar-refractivity contribution >= 4 is 24.0 Å². The van der Waals surface area contributed by atoms with Gasteiger partial charge in [-0.15, -0.1) is 12.4 Å². The van der Waals surface area contributed by atoms with Crippen molar-refractivity contribution < 1.29 is 4.79 Å². The Kier molecular flexibility index (Phi) is 7.15. The number of likely N-dealkylation sites (tertiary alicyclic amines) is 1. The zero-order valence-corrected chi connectivity index (χ0v) is 13.6. The fourth-order valence-electron chi connectivity index (χ4n) is 2.76. The molecule has 0 aromatic heterocycles. The van der Waals surface area contributed by atoms with E-state index in [0.717, 1.165) is 25.2 Å². The topological polar surface area (TPSA) is 58.4 Å². The third kappa shape index (κ3) is 4.99. The molecular formula is C16H26ClN3O. The van der Waals surface area contributed by atoms with Crippen molar-refractivity contribution in [1.82, 2.24) is 4.90 Å². The van der Waals surface area contributed by atoms with Gasteiger partial charge in [-0.1, -0.05) is 18.2 Å². The van der Waals surface area contributed by atoms with E-state index in [0.29, 0.717) is 5.92 Å². The molecule has 1 aromatic rings. The molecule has 0 spiro atoms. The molecule has 2 rings (SSSR count). The molecule has 0 aliphatic carbocycles. The number of benzene rings is 1. The molecule has 3 N–H and O–H groups in total. The number of halogens is 1. The van der Waals surface area contributed by atoms with Crippen molar-refractivity contribution in [1.29, 1.82) is 0 Å². The van der Waals surface area contributed by atoms with Crippen LogP contribution in [-0.2, 0) is 4.79 Å². The lowest BCUT2D eigenvalue weighted by atomic mass is 9.91. The van der Waals surface area contributed by atoms with E-state index in [2.05, 4.69) is 17.1 Å². The SMILES string of the molecule is CC(N)C1CCCN(C(C)C(=O)Nc2ccccc2)C1.Cl. The summed E-state index contributed by atoms with van der Waals surface area (Å²) < 4.78 is 0. The summed E-state index contributed by atoms with van der Waals surface area (Å²) in [5.41, 5.74) is 6.85. The second-order valence-corrected chi connectivity index (χ2v) is 5.79. The van der Waals surface area contributed by atoms with Crippen LogP contribution in [0.1, 0.15) is 26.7 Å². The maximum atomic E-state index is 12.3. The van der Waals surface area contributed by atoms with Crippen LogP contribution in [-0.4, -0.2) is 36.0 Å². The molecule has 3 atom stereocenters. The minimum atomic E-state index is -0.114. The van der Waals surface area contributed by atoms with Crippen molar-refractivity contribution in [3.63, 3.8) is 0 Å². The number of amides is 1. The minimum absolute atomic E-state index is 0. The second-order valence-electron chi connectivity index (χ2n) is 5.79. The van der Waals surface area contributed by atoms with E-state index in [1.165, 1.54) is 6.42 Å². The smallest absolute Gasteiger partial charge is 0.241 e. The summed E-state index contributed by atoms with van der Waals surface area (Å²) in [7, 11) is 0. The molecular weight excluding hydrogens is 286 g/mol. The first-order valence-electron chi connectivity index (χ1n) is 7.43. The van der Waals surface area contributed by atoms with Gasteiger partial charge in [0.05, 0.1) is 6.04 Å². The van der Waals surface area contributed by atoms with Crippen molar-refractivity contribution in [2.75, 3.05) is 18.4 Å². The molecule has 4 nitrogen and oxygen atoms in total. The van der Waals surface area contributed by atoms with Gasteiger partial charge >= 0.3 is 0 Å². The Bertz CT molecular complexity index is 438. The Hall–Kier alpha value is -1.10. The van der Waals surface area contributed by atoms with Gasteiger partial charge in [-0.3, -0.25) is 9.69 Å². The third-order valence-electron chi connectivity index (χ3n) is 4.20. The monoisotopic (exact) mass is 311 g/mol. The number of nitrogens with one attached hydrogen (secondary N) is 1. The van der Waals surface area contributed by atoms with E-state index >= 15 is 0 Å². The number of piperidine rings is 1. The van der Waals surface area contributed by atoms with Crippen LogP contribution in [0.25, 0.3) is 0 Å². The Balaban J connectivity index is 0.00000220. The molecule has 118 valence electrons. The number of hydrogen-bond acceptors (Lipinski definition) is 3. The lowest BCUT2D eigenvalue weighted by Gasteiger charge is -2.37. The van der Waals surface area contributed by atoms with Gasteiger partial charge in [-0.25, -0.2) is 0 Å². The van der Waals surface area contributed by atoms with E-state index < -0.39 is 0 Å². The molecule has 1 aliphatic heterocycles. The fraction of sp³-hybridized carbons (Fsp3) is 0.562. The van der Waals surface area contributed by atoms with Crippen LogP contribution in [0.5, 0.6) is 0 Å². The van der Waals surface area contributed by atoms with Gasteiger partial charge < -0.3 is 11.1 Å². The molecule has 5 heteroatoms. The lowest BCUT2D eigenvalue weighted by molar-refractivity contribution is -0.121. The number of rotatable bonds is 4. The van der Waals surface area contributed by atoms with Gasteiger partial charge in [0.2, 0.25) is 5.91 Å². The molecule has 21 heavy (non-hydrogen) atoms. The maximum absolute atomic E-state index is 12.3. The second kappa shape index (κ2) is 8.37. The molecule has 0 radical (unpaired) electrons. The van der Waals surface area contributed by atoms with Crippen LogP contribution in [0.15, 0.2) is 30.3 Å². The average molecular weight is 312 g/mol. The fourth-order valence-corrected chi connectivity index (χ4v) is 2.76. The molecule has 3 unspecified atom stereocenters. The van der Waals surface area contributed by atoms with Crippen LogP contribution in [0, 0.1) is 5.92 Å². The largest absolute Gasteiger partial charge is 0.328 e. The highest BCUT2D eigenvalue weighted by atomic mass is 35.5. The molecule has 1 aromatic carbocycles. The summed E-state index contributed by atoms with van der Waals surface area (Å²) in [5, 5.41) is 2.97. The third-order valence-corrected chi connectivity index (χ3v) is 4.20. The Morgan fingerprint density at radius 3 is 2.62 bits per heavy atom. The number of carbonyl (C=O) groups is 1. The van der Waals surface area contributed by atoms with Crippen LogP contribution < -0.4 is 11.1 Å². The molecule has 1 amide bonds. The number of nitrogens with zero attached hydrogens (tertiary/aromatic N) is 1. The van der Waals surface area contributed by atoms with Crippen molar-refractivity contribution in [3.05, 3.63) is 30.3 Å². The zero-order chi connectivity index (χ0) is 14.5. The minimum Gasteiger partial charge on any atom is -0.328 e. The van der Waals surface area contributed by atoms with E-state index in [9.17, 15) is 4.79 Å². The molecule has 0 bridgehead atoms. The number of nitrogens with two attached hydrogens (primary N) is 1. The normalized spacial score (nSPS) is 22.0. The van der Waals surface area contributed by atoms with Gasteiger partial charge in [0.25, 0.3) is 0 Å². The predicted molar refractivity (Wildman–Crippen MR) is 89.7 cm³/mol. The number of anilines is 1. The van der Waals surface area contributed by atoms with Crippen molar-refractivity contribution in [2.45, 2.75) is 38.8 Å². The molecule has 1 heterocycles. The summed E-state index contributed by atoms with van der Waals surface area (Å²) in [6.45, 7) is 5.93. The quantitative estimate of drug-likeness (QED) is 0.898. The summed E-state index contributed by atoms with van der Waals surface area (Å²) in [6.07, 6.45) is 2.29. The van der Waals surface area contributed by atoms with Crippen molar-refractivity contribution in [3.8, 4) is 0 Å². The van der Waals surface area contributed by atoms with Gasteiger partial charge in [-0.2, -0.15) is 0 Å². The standard InChI is InChI=1S/C16H25N3O.ClH/c1-12(17)14-7-6-10-19(11-14)13(2)16(20)18-15-8-4-3-5-9-15;/h3-5,8-9,12-14H,6-7,10-11,17H2,1-2H3,(H,18,20);1H. The van der Waals surface area contributed by atoms with E-state index in [1.54, 1.807) is 0 Å². The highest BCUT2D eigenvalue weighted by Crippen LogP contribution is 2.21. The summed E-state index contributed by atoms with van der Waals surface area (Å²) in [5.74, 6) is 0.553. The van der Waals surface area contributed by atoms with E-state index in [1.807, 2.05) is 37.3 Å². The van der Waals surface area contributed by atoms with Gasteiger partial charge in [0, 0.05) is 18.3 Å². The predicted octanol–water partition coefficient (Wildman–Crippen LogP) is 2.49. The summed E-state index contributed by atoms with van der Waals surface area (Å²) in [6, 6.07) is 9.69. The van der Waals surface area contributed by atoms with Gasteiger partial charge in [0.1, 0.15) is 0 Å². The van der Waals surface area contributed by atoms with Crippen LogP contribution in [0.4, 0.5) is 5.69 Å². The van der Waals surface area contributed by atoms with Crippen LogP contribution >= 0.6 is 12.4 Å². The molecule has 0 saturated carbocycles. The van der Waals surface area contributed by atoms with E-state index in [-0.39, 0.29) is 30.4 Å². The lowest BCUT2D eigenvalue weighted by Crippen LogP contribution is -2.49. The Morgan fingerprint density at radius 1 is 1.33 bits per heavy atom. The highest BCUT2D eigenvalue weighted by molar-refractivity contribution is 5.94. The van der Waals surface area contributed by atoms with Crippen LogP contribution in [0.2, 0.25) is 0 Å². The number of hydrogen-bond donors (Lipinski definition) is 2. The molecule has 1 saturated heterocycles. The van der Waals surface area contributed by atoms with Crippen LogP contribution in [0.3, 0.4) is 0 Å². The number of para-hydroxylation sites is 1.